The molecule has 144 valence electrons. The zero-order valence-electron chi connectivity index (χ0n) is 15.8. The van der Waals surface area contributed by atoms with Crippen LogP contribution in [0.5, 0.6) is 0 Å². The summed E-state index contributed by atoms with van der Waals surface area (Å²) in [5.41, 5.74) is 2.10. The van der Waals surface area contributed by atoms with Gasteiger partial charge in [-0.15, -0.1) is 0 Å². The summed E-state index contributed by atoms with van der Waals surface area (Å²) in [5.74, 6) is 0.609. The normalized spacial score (nSPS) is 17.7. The Morgan fingerprint density at radius 3 is 2.81 bits per heavy atom. The van der Waals surface area contributed by atoms with Gasteiger partial charge in [0, 0.05) is 32.3 Å². The standard InChI is InChI=1S/C19H29ClN4O2/c1-14-10-15(7-8-17(14)20)11-21-19(23-13-18(25)24(2)3)22-12-16-6-4-5-9-26-16/h7-8,10,16H,4-6,9,11-13H2,1-3H3,(H2,21,22,23). The van der Waals surface area contributed by atoms with Gasteiger partial charge < -0.3 is 20.3 Å². The van der Waals surface area contributed by atoms with Crippen molar-refractivity contribution in [3.8, 4) is 0 Å². The van der Waals surface area contributed by atoms with E-state index >= 15 is 0 Å². The average Bonchev–Trinajstić information content (AvgIpc) is 2.64. The van der Waals surface area contributed by atoms with Crippen LogP contribution in [0.25, 0.3) is 0 Å². The molecule has 0 bridgehead atoms. The number of ether oxygens (including phenoxy) is 1. The van der Waals surface area contributed by atoms with Crippen LogP contribution < -0.4 is 10.6 Å². The predicted molar refractivity (Wildman–Crippen MR) is 106 cm³/mol. The maximum absolute atomic E-state index is 11.9. The van der Waals surface area contributed by atoms with Gasteiger partial charge in [-0.3, -0.25) is 4.79 Å². The van der Waals surface area contributed by atoms with Crippen molar-refractivity contribution in [3.63, 3.8) is 0 Å². The Morgan fingerprint density at radius 1 is 1.35 bits per heavy atom. The Morgan fingerprint density at radius 2 is 2.15 bits per heavy atom. The molecule has 2 rings (SSSR count). The second-order valence-corrected chi connectivity index (χ2v) is 7.17. The van der Waals surface area contributed by atoms with Crippen molar-refractivity contribution in [3.05, 3.63) is 34.3 Å². The number of likely N-dealkylation sites (N-methyl/N-ethyl adjacent to an activating group) is 1. The molecule has 26 heavy (non-hydrogen) atoms. The fourth-order valence-electron chi connectivity index (χ4n) is 2.65. The van der Waals surface area contributed by atoms with E-state index in [0.717, 1.165) is 35.6 Å². The molecule has 1 heterocycles. The van der Waals surface area contributed by atoms with E-state index < -0.39 is 0 Å². The summed E-state index contributed by atoms with van der Waals surface area (Å²) >= 11 is 6.08. The number of carbonyl (C=O) groups excluding carboxylic acids is 1. The Kier molecular flexibility index (Phi) is 8.19. The highest BCUT2D eigenvalue weighted by molar-refractivity contribution is 6.31. The molecule has 1 saturated heterocycles. The third-order valence-corrected chi connectivity index (χ3v) is 4.74. The Hall–Kier alpha value is -1.79. The van der Waals surface area contributed by atoms with E-state index in [1.807, 2.05) is 25.1 Å². The third kappa shape index (κ3) is 6.84. The van der Waals surface area contributed by atoms with Crippen molar-refractivity contribution in [2.45, 2.75) is 38.8 Å². The van der Waals surface area contributed by atoms with Crippen LogP contribution in [0.4, 0.5) is 0 Å². The van der Waals surface area contributed by atoms with Crippen molar-refractivity contribution in [2.75, 3.05) is 33.8 Å². The first kappa shape index (κ1) is 20.5. The number of amides is 1. The first-order valence-electron chi connectivity index (χ1n) is 9.04. The lowest BCUT2D eigenvalue weighted by molar-refractivity contribution is -0.127. The lowest BCUT2D eigenvalue weighted by Crippen LogP contribution is -2.45. The van der Waals surface area contributed by atoms with Gasteiger partial charge in [0.05, 0.1) is 19.2 Å². The van der Waals surface area contributed by atoms with Crippen LogP contribution in [0.15, 0.2) is 23.2 Å². The zero-order valence-corrected chi connectivity index (χ0v) is 16.6. The number of aryl methyl sites for hydroxylation is 1. The fourth-order valence-corrected chi connectivity index (χ4v) is 2.76. The van der Waals surface area contributed by atoms with Crippen LogP contribution in [0.1, 0.15) is 30.4 Å². The minimum absolute atomic E-state index is 0.00393. The number of hydrogen-bond donors (Lipinski definition) is 2. The molecule has 1 aromatic rings. The summed E-state index contributed by atoms with van der Waals surface area (Å²) < 4.78 is 5.75. The summed E-state index contributed by atoms with van der Waals surface area (Å²) in [6.07, 6.45) is 3.56. The highest BCUT2D eigenvalue weighted by Crippen LogP contribution is 2.16. The SMILES string of the molecule is Cc1cc(CN=C(NCC(=O)N(C)C)NCC2CCCCO2)ccc1Cl. The maximum atomic E-state index is 11.9. The first-order chi connectivity index (χ1) is 12.5. The molecular weight excluding hydrogens is 352 g/mol. The molecule has 1 unspecified atom stereocenters. The van der Waals surface area contributed by atoms with E-state index in [1.165, 1.54) is 6.42 Å². The van der Waals surface area contributed by atoms with Crippen molar-refractivity contribution in [1.82, 2.24) is 15.5 Å². The van der Waals surface area contributed by atoms with Gasteiger partial charge in [-0.1, -0.05) is 23.7 Å². The number of guanidine groups is 1. The molecule has 0 aromatic heterocycles. The van der Waals surface area contributed by atoms with Gasteiger partial charge in [-0.2, -0.15) is 0 Å². The van der Waals surface area contributed by atoms with Crippen molar-refractivity contribution in [2.24, 2.45) is 4.99 Å². The Labute approximate surface area is 161 Å². The van der Waals surface area contributed by atoms with E-state index in [9.17, 15) is 4.79 Å². The van der Waals surface area contributed by atoms with Crippen LogP contribution in [-0.4, -0.2) is 56.7 Å². The highest BCUT2D eigenvalue weighted by Gasteiger charge is 2.14. The fraction of sp³-hybridized carbons (Fsp3) is 0.579. The molecule has 1 amide bonds. The first-order valence-corrected chi connectivity index (χ1v) is 9.42. The largest absolute Gasteiger partial charge is 0.376 e. The molecule has 7 heteroatoms. The van der Waals surface area contributed by atoms with E-state index in [2.05, 4.69) is 15.6 Å². The van der Waals surface area contributed by atoms with E-state index in [-0.39, 0.29) is 18.6 Å². The molecule has 1 aromatic carbocycles. The van der Waals surface area contributed by atoms with Crippen molar-refractivity contribution in [1.29, 1.82) is 0 Å². The van der Waals surface area contributed by atoms with Gasteiger partial charge in [0.2, 0.25) is 5.91 Å². The van der Waals surface area contributed by atoms with Crippen LogP contribution in [0, 0.1) is 6.92 Å². The number of nitrogens with one attached hydrogen (secondary N) is 2. The summed E-state index contributed by atoms with van der Waals surface area (Å²) in [4.78, 5) is 18.0. The summed E-state index contributed by atoms with van der Waals surface area (Å²) in [5, 5.41) is 7.15. The number of halogens is 1. The third-order valence-electron chi connectivity index (χ3n) is 4.32. The van der Waals surface area contributed by atoms with Gasteiger partial charge in [0.15, 0.2) is 5.96 Å². The minimum Gasteiger partial charge on any atom is -0.376 e. The van der Waals surface area contributed by atoms with Crippen LogP contribution in [0.2, 0.25) is 5.02 Å². The molecule has 1 aliphatic rings. The molecular formula is C19H29ClN4O2. The minimum atomic E-state index is -0.00393. The van der Waals surface area contributed by atoms with E-state index in [4.69, 9.17) is 16.3 Å². The monoisotopic (exact) mass is 380 g/mol. The molecule has 1 atom stereocenters. The van der Waals surface area contributed by atoms with Crippen LogP contribution in [0.3, 0.4) is 0 Å². The lowest BCUT2D eigenvalue weighted by atomic mass is 10.1. The number of benzene rings is 1. The molecule has 0 radical (unpaired) electrons. The maximum Gasteiger partial charge on any atom is 0.241 e. The second-order valence-electron chi connectivity index (χ2n) is 6.76. The van der Waals surface area contributed by atoms with Crippen molar-refractivity contribution < 1.29 is 9.53 Å². The molecule has 1 aliphatic heterocycles. The van der Waals surface area contributed by atoms with Gasteiger partial charge in [0.25, 0.3) is 0 Å². The number of nitrogens with zero attached hydrogens (tertiary/aromatic N) is 2. The van der Waals surface area contributed by atoms with Gasteiger partial charge in [0.1, 0.15) is 0 Å². The lowest BCUT2D eigenvalue weighted by Gasteiger charge is -2.24. The molecule has 1 fully saturated rings. The topological polar surface area (TPSA) is 66.0 Å². The van der Waals surface area contributed by atoms with Gasteiger partial charge >= 0.3 is 0 Å². The molecule has 0 aliphatic carbocycles. The number of rotatable bonds is 6. The molecule has 0 saturated carbocycles. The smallest absolute Gasteiger partial charge is 0.241 e. The zero-order chi connectivity index (χ0) is 18.9. The van der Waals surface area contributed by atoms with Gasteiger partial charge in [-0.25, -0.2) is 4.99 Å². The summed E-state index contributed by atoms with van der Waals surface area (Å²) in [7, 11) is 3.47. The predicted octanol–water partition coefficient (Wildman–Crippen LogP) is 2.34. The highest BCUT2D eigenvalue weighted by atomic mass is 35.5. The van der Waals surface area contributed by atoms with Gasteiger partial charge in [-0.05, 0) is 43.4 Å². The summed E-state index contributed by atoms with van der Waals surface area (Å²) in [6, 6.07) is 5.87. The Bertz CT molecular complexity index is 628. The summed E-state index contributed by atoms with van der Waals surface area (Å²) in [6.45, 7) is 4.18. The molecule has 0 spiro atoms. The van der Waals surface area contributed by atoms with E-state index in [1.54, 1.807) is 19.0 Å². The van der Waals surface area contributed by atoms with Crippen molar-refractivity contribution >= 4 is 23.5 Å². The van der Waals surface area contributed by atoms with E-state index in [0.29, 0.717) is 19.0 Å². The molecule has 6 nitrogen and oxygen atoms in total. The molecule has 2 N–H and O–H groups in total. The number of hydrogen-bond acceptors (Lipinski definition) is 3. The number of aliphatic imine (C=N–C) groups is 1. The quantitative estimate of drug-likeness (QED) is 0.587. The average molecular weight is 381 g/mol. The number of carbonyl (C=O) groups is 1. The van der Waals surface area contributed by atoms with Crippen LogP contribution >= 0.6 is 11.6 Å². The Balaban J connectivity index is 1.97. The second kappa shape index (κ2) is 10.4. The van der Waals surface area contributed by atoms with Crippen LogP contribution in [-0.2, 0) is 16.1 Å².